The summed E-state index contributed by atoms with van der Waals surface area (Å²) in [6.07, 6.45) is 5.82. The molecule has 0 N–H and O–H groups in total. The van der Waals surface area contributed by atoms with Crippen LogP contribution in [-0.4, -0.2) is 26.0 Å². The Morgan fingerprint density at radius 2 is 1.62 bits per heavy atom. The smallest absolute Gasteiger partial charge is 0.503 e. The number of hydrogen-bond acceptors (Lipinski definition) is 4. The Labute approximate surface area is 276 Å². The number of aromatic nitrogens is 4. The van der Waals surface area contributed by atoms with Crippen LogP contribution in [0.2, 0.25) is 0 Å². The Morgan fingerprint density at radius 1 is 0.822 bits per heavy atom. The first-order valence-corrected chi connectivity index (χ1v) is 15.0. The summed E-state index contributed by atoms with van der Waals surface area (Å²) in [5.74, 6) is 3.01. The van der Waals surface area contributed by atoms with Crippen molar-refractivity contribution in [2.24, 2.45) is 0 Å². The van der Waals surface area contributed by atoms with Gasteiger partial charge in [0.15, 0.2) is 0 Å². The Balaban J connectivity index is 0.00000300. The fourth-order valence-corrected chi connectivity index (χ4v) is 6.82. The molecular weight excluding hydrogens is 736 g/mol. The fourth-order valence-electron chi connectivity index (χ4n) is 6.82. The molecule has 0 radical (unpaired) electrons. The van der Waals surface area contributed by atoms with Crippen LogP contribution < -0.4 is 15.0 Å². The number of benzene rings is 4. The molecule has 0 aliphatic carbocycles. The first kappa shape index (κ1) is 27.9. The van der Waals surface area contributed by atoms with Gasteiger partial charge in [0.25, 0.3) is 0 Å². The number of hydrogen-bond donors (Lipinski definition) is 0. The molecule has 2 aliphatic heterocycles. The monoisotopic (exact) mass is 764 g/mol. The molecule has 0 saturated heterocycles. The quantitative estimate of drug-likeness (QED) is 0.140. The Hall–Kier alpha value is -4.61. The molecule has 8 heteroatoms. The predicted molar refractivity (Wildman–Crippen MR) is 176 cm³/mol. The normalized spacial score (nSPS) is 13.3. The van der Waals surface area contributed by atoms with Crippen LogP contribution in [0.3, 0.4) is 0 Å². The first-order chi connectivity index (χ1) is 21.4. The van der Waals surface area contributed by atoms with Gasteiger partial charge in [0, 0.05) is 48.0 Å². The summed E-state index contributed by atoms with van der Waals surface area (Å²) in [6.45, 7) is 7.61. The molecule has 5 heterocycles. The van der Waals surface area contributed by atoms with E-state index >= 15 is 0 Å². The van der Waals surface area contributed by atoms with Crippen LogP contribution in [0.5, 0.6) is 11.5 Å². The molecule has 0 fully saturated rings. The average Bonchev–Trinajstić information content (AvgIpc) is 3.75. The molecule has 0 amide bonds. The molecule has 0 unspecified atom stereocenters. The number of para-hydroxylation sites is 1. The molecule has 45 heavy (non-hydrogen) atoms. The number of anilines is 1. The topological polar surface area (TPSA) is 48.1 Å². The van der Waals surface area contributed by atoms with Crippen molar-refractivity contribution in [3.05, 3.63) is 127 Å². The third-order valence-corrected chi connectivity index (χ3v) is 8.95. The third kappa shape index (κ3) is 4.28. The second-order valence-corrected chi connectivity index (χ2v) is 12.6. The van der Waals surface area contributed by atoms with Crippen molar-refractivity contribution in [2.45, 2.75) is 32.7 Å². The SMILES string of the molecule is CC(C)(C)c1ccnc(-n2c3[c-]c(Oc4[c-]c5c(cc4)N4Cc6ccccc6B4n4ccnc4-5)ccc3c3ccccc32)c1.[Pt+2]. The van der Waals surface area contributed by atoms with E-state index in [1.165, 1.54) is 16.6 Å². The zero-order valence-electron chi connectivity index (χ0n) is 25.1. The van der Waals surface area contributed by atoms with Crippen molar-refractivity contribution >= 4 is 39.9 Å². The number of ether oxygens (including phenoxy) is 1. The summed E-state index contributed by atoms with van der Waals surface area (Å²) in [7, 11) is 0. The van der Waals surface area contributed by atoms with Crippen molar-refractivity contribution < 1.29 is 25.8 Å². The van der Waals surface area contributed by atoms with E-state index in [-0.39, 0.29) is 33.5 Å². The van der Waals surface area contributed by atoms with E-state index in [0.29, 0.717) is 11.5 Å². The van der Waals surface area contributed by atoms with Gasteiger partial charge in [-0.25, -0.2) is 4.98 Å². The summed E-state index contributed by atoms with van der Waals surface area (Å²) in [4.78, 5) is 12.0. The minimum atomic E-state index is 0. The third-order valence-electron chi connectivity index (χ3n) is 8.95. The number of nitrogens with zero attached hydrogens (tertiary/aromatic N) is 5. The molecule has 7 aromatic rings. The Morgan fingerprint density at radius 3 is 2.51 bits per heavy atom. The summed E-state index contributed by atoms with van der Waals surface area (Å²) in [5.41, 5.74) is 7.95. The number of fused-ring (bicyclic) bond motifs is 11. The molecule has 3 aromatic heterocycles. The van der Waals surface area contributed by atoms with E-state index < -0.39 is 0 Å². The second kappa shape index (κ2) is 10.2. The number of imidazole rings is 1. The van der Waals surface area contributed by atoms with Gasteiger partial charge in [0.2, 0.25) is 0 Å². The van der Waals surface area contributed by atoms with Crippen LogP contribution in [0.15, 0.2) is 104 Å². The summed E-state index contributed by atoms with van der Waals surface area (Å²) >= 11 is 0. The van der Waals surface area contributed by atoms with E-state index in [9.17, 15) is 0 Å². The molecule has 0 spiro atoms. The summed E-state index contributed by atoms with van der Waals surface area (Å²) in [5, 5.41) is 2.26. The van der Waals surface area contributed by atoms with Crippen molar-refractivity contribution in [3.63, 3.8) is 0 Å². The van der Waals surface area contributed by atoms with Crippen molar-refractivity contribution in [2.75, 3.05) is 4.81 Å². The zero-order valence-corrected chi connectivity index (χ0v) is 27.3. The molecule has 220 valence electrons. The van der Waals surface area contributed by atoms with Gasteiger partial charge in [-0.2, -0.15) is 6.07 Å². The number of rotatable bonds is 3. The first-order valence-electron chi connectivity index (χ1n) is 15.0. The minimum Gasteiger partial charge on any atom is -0.503 e. The predicted octanol–water partition coefficient (Wildman–Crippen LogP) is 7.31. The van der Waals surface area contributed by atoms with Gasteiger partial charge in [0.05, 0.1) is 0 Å². The van der Waals surface area contributed by atoms with Crippen LogP contribution >= 0.6 is 0 Å². The van der Waals surface area contributed by atoms with Crippen LogP contribution in [0.1, 0.15) is 31.9 Å². The number of pyridine rings is 1. The van der Waals surface area contributed by atoms with Crippen LogP contribution in [0.25, 0.3) is 39.0 Å². The van der Waals surface area contributed by atoms with Crippen molar-refractivity contribution in [1.29, 1.82) is 0 Å². The Bertz CT molecular complexity index is 2270. The molecule has 4 aromatic carbocycles. The largest absolute Gasteiger partial charge is 2.00 e. The minimum absolute atomic E-state index is 0. The molecule has 0 bridgehead atoms. The van der Waals surface area contributed by atoms with Crippen LogP contribution in [0, 0.1) is 12.1 Å². The van der Waals surface area contributed by atoms with Crippen LogP contribution in [-0.2, 0) is 33.0 Å². The molecular formula is C37H28BN5OPt. The maximum atomic E-state index is 6.48. The maximum Gasteiger partial charge on any atom is 2.00 e. The Kier molecular flexibility index (Phi) is 6.34. The van der Waals surface area contributed by atoms with E-state index in [4.69, 9.17) is 14.7 Å². The van der Waals surface area contributed by atoms with Gasteiger partial charge in [-0.15, -0.1) is 23.6 Å². The van der Waals surface area contributed by atoms with E-state index in [1.807, 2.05) is 24.5 Å². The van der Waals surface area contributed by atoms with E-state index in [1.54, 1.807) is 0 Å². The van der Waals surface area contributed by atoms with Gasteiger partial charge in [0.1, 0.15) is 5.82 Å². The van der Waals surface area contributed by atoms with Crippen LogP contribution in [0.4, 0.5) is 5.69 Å². The summed E-state index contributed by atoms with van der Waals surface area (Å²) < 4.78 is 10.9. The molecule has 0 saturated carbocycles. The van der Waals surface area contributed by atoms with E-state index in [0.717, 1.165) is 51.2 Å². The summed E-state index contributed by atoms with van der Waals surface area (Å²) in [6, 6.07) is 36.7. The van der Waals surface area contributed by atoms with Gasteiger partial charge < -0.3 is 18.6 Å². The van der Waals surface area contributed by atoms with Crippen molar-refractivity contribution in [3.8, 4) is 28.7 Å². The van der Waals surface area contributed by atoms with Crippen molar-refractivity contribution in [1.82, 2.24) is 19.0 Å². The fraction of sp³-hybridized carbons (Fsp3) is 0.135. The second-order valence-electron chi connectivity index (χ2n) is 12.6. The van der Waals surface area contributed by atoms with Gasteiger partial charge >= 0.3 is 28.0 Å². The average molecular weight is 765 g/mol. The zero-order chi connectivity index (χ0) is 29.6. The maximum absolute atomic E-state index is 6.48. The standard InChI is InChI=1S/C37H28BN5O.Pt/c1-37(2,3)25-16-17-39-35(20-25)43-33-11-7-5-9-28(33)29-14-12-27(22-34(29)43)44-26-13-15-32-30(21-26)36-40-18-19-41(36)38-31-10-6-4-8-24(31)23-42(32)38;/h4-20H,23H2,1-3H3;/q-2;+2. The van der Waals surface area contributed by atoms with Gasteiger partial charge in [-0.05, 0) is 45.6 Å². The van der Waals surface area contributed by atoms with E-state index in [2.05, 4.69) is 126 Å². The molecule has 6 nitrogen and oxygen atoms in total. The van der Waals surface area contributed by atoms with Gasteiger partial charge in [-0.1, -0.05) is 92.1 Å². The molecule has 9 rings (SSSR count). The molecule has 0 atom stereocenters. The van der Waals surface area contributed by atoms with Gasteiger partial charge in [-0.3, -0.25) is 4.98 Å². The molecule has 2 aliphatic rings.